The number of anilines is 1. The van der Waals surface area contributed by atoms with Gasteiger partial charge in [0.2, 0.25) is 0 Å². The monoisotopic (exact) mass is 259 g/mol. The Morgan fingerprint density at radius 2 is 2.24 bits per heavy atom. The largest absolute Gasteiger partial charge is 0.352 e. The summed E-state index contributed by atoms with van der Waals surface area (Å²) in [5, 5.41) is 0. The van der Waals surface area contributed by atoms with Gasteiger partial charge in [0.05, 0.1) is 18.1 Å². The van der Waals surface area contributed by atoms with Crippen LogP contribution in [0.3, 0.4) is 0 Å². The predicted octanol–water partition coefficient (Wildman–Crippen LogP) is 2.77. The van der Waals surface area contributed by atoms with Crippen LogP contribution in [-0.4, -0.2) is 29.4 Å². The molecule has 17 heavy (non-hydrogen) atoms. The van der Waals surface area contributed by atoms with E-state index < -0.39 is 6.43 Å². The zero-order valence-corrected chi connectivity index (χ0v) is 10.0. The molecular formula is C11H12ClF2N3. The number of fused-ring (bicyclic) bond motifs is 1. The third-order valence-corrected chi connectivity index (χ3v) is 2.76. The first-order valence-corrected chi connectivity index (χ1v) is 5.68. The van der Waals surface area contributed by atoms with Gasteiger partial charge < -0.3 is 9.30 Å². The fourth-order valence-electron chi connectivity index (χ4n) is 1.76. The summed E-state index contributed by atoms with van der Waals surface area (Å²) in [5.74, 6) is 0.736. The Bertz CT molecular complexity index is 512. The van der Waals surface area contributed by atoms with Gasteiger partial charge in [0.1, 0.15) is 5.65 Å². The predicted molar refractivity (Wildman–Crippen MR) is 64.0 cm³/mol. The summed E-state index contributed by atoms with van der Waals surface area (Å²) in [6.07, 6.45) is -0.576. The van der Waals surface area contributed by atoms with Crippen LogP contribution in [0.25, 0.3) is 5.65 Å². The first-order valence-electron chi connectivity index (χ1n) is 5.14. The van der Waals surface area contributed by atoms with E-state index in [1.807, 2.05) is 28.8 Å². The Balaban J connectivity index is 2.45. The van der Waals surface area contributed by atoms with Gasteiger partial charge in [0, 0.05) is 13.2 Å². The fraction of sp³-hybridized carbons (Fsp3) is 0.364. The molecule has 2 rings (SSSR count). The van der Waals surface area contributed by atoms with Crippen LogP contribution in [0.2, 0.25) is 0 Å². The number of rotatable bonds is 4. The van der Waals surface area contributed by atoms with Gasteiger partial charge >= 0.3 is 0 Å². The van der Waals surface area contributed by atoms with Gasteiger partial charge in [-0.05, 0) is 12.1 Å². The van der Waals surface area contributed by atoms with E-state index in [4.69, 9.17) is 11.6 Å². The zero-order valence-electron chi connectivity index (χ0n) is 9.28. The normalized spacial score (nSPS) is 11.4. The Morgan fingerprint density at radius 1 is 1.47 bits per heavy atom. The lowest BCUT2D eigenvalue weighted by Gasteiger charge is -2.16. The SMILES string of the molecule is CN(CC(F)F)c1nc2ccccn2c1CCl. The number of alkyl halides is 3. The number of nitrogens with zero attached hydrogens (tertiary/aromatic N) is 3. The number of imidazole rings is 1. The van der Waals surface area contributed by atoms with E-state index >= 15 is 0 Å². The van der Waals surface area contributed by atoms with Crippen LogP contribution in [-0.2, 0) is 5.88 Å². The Kier molecular flexibility index (Phi) is 3.47. The minimum Gasteiger partial charge on any atom is -0.352 e. The van der Waals surface area contributed by atoms with Gasteiger partial charge in [-0.25, -0.2) is 13.8 Å². The van der Waals surface area contributed by atoms with Crippen LogP contribution in [0, 0.1) is 0 Å². The van der Waals surface area contributed by atoms with E-state index in [0.717, 1.165) is 5.69 Å². The standard InChI is InChI=1S/C11H12ClF2N3/c1-16(7-9(13)14)11-8(6-12)17-5-3-2-4-10(17)15-11/h2-5,9H,6-7H2,1H3. The fourth-order valence-corrected chi connectivity index (χ4v) is 2.01. The molecule has 0 fully saturated rings. The summed E-state index contributed by atoms with van der Waals surface area (Å²) in [5.41, 5.74) is 1.43. The maximum absolute atomic E-state index is 12.4. The lowest BCUT2D eigenvalue weighted by atomic mass is 10.4. The van der Waals surface area contributed by atoms with Gasteiger partial charge in [0.15, 0.2) is 5.82 Å². The number of hydrogen-bond donors (Lipinski definition) is 0. The average molecular weight is 260 g/mol. The number of hydrogen-bond acceptors (Lipinski definition) is 2. The topological polar surface area (TPSA) is 20.5 Å². The van der Waals surface area contributed by atoms with Crippen LogP contribution in [0.1, 0.15) is 5.69 Å². The van der Waals surface area contributed by atoms with Crippen LogP contribution < -0.4 is 4.90 Å². The summed E-state index contributed by atoms with van der Waals surface area (Å²) in [4.78, 5) is 5.73. The molecule has 0 aliphatic carbocycles. The molecule has 0 spiro atoms. The highest BCUT2D eigenvalue weighted by Gasteiger charge is 2.17. The highest BCUT2D eigenvalue weighted by molar-refractivity contribution is 6.17. The van der Waals surface area contributed by atoms with Gasteiger partial charge in [0.25, 0.3) is 6.43 Å². The van der Waals surface area contributed by atoms with E-state index in [-0.39, 0.29) is 12.4 Å². The van der Waals surface area contributed by atoms with E-state index in [1.165, 1.54) is 4.90 Å². The van der Waals surface area contributed by atoms with Gasteiger partial charge in [-0.15, -0.1) is 11.6 Å². The Hall–Kier alpha value is -1.36. The van der Waals surface area contributed by atoms with Crippen molar-refractivity contribution in [3.05, 3.63) is 30.1 Å². The average Bonchev–Trinajstić information content (AvgIpc) is 2.66. The molecule has 0 N–H and O–H groups in total. The van der Waals surface area contributed by atoms with Crippen LogP contribution >= 0.6 is 11.6 Å². The van der Waals surface area contributed by atoms with Gasteiger partial charge in [-0.1, -0.05) is 6.07 Å². The molecule has 0 amide bonds. The number of aromatic nitrogens is 2. The van der Waals surface area contributed by atoms with Crippen LogP contribution in [0.5, 0.6) is 0 Å². The highest BCUT2D eigenvalue weighted by Crippen LogP contribution is 2.22. The lowest BCUT2D eigenvalue weighted by Crippen LogP contribution is -2.25. The lowest BCUT2D eigenvalue weighted by molar-refractivity contribution is 0.156. The molecule has 0 aliphatic rings. The van der Waals surface area contributed by atoms with E-state index in [9.17, 15) is 8.78 Å². The van der Waals surface area contributed by atoms with Crippen molar-refractivity contribution in [2.24, 2.45) is 0 Å². The second-order valence-electron chi connectivity index (χ2n) is 3.72. The maximum atomic E-state index is 12.4. The molecule has 2 aromatic heterocycles. The van der Waals surface area contributed by atoms with Crippen molar-refractivity contribution in [3.8, 4) is 0 Å². The Labute approximate surface area is 103 Å². The zero-order chi connectivity index (χ0) is 12.4. The highest BCUT2D eigenvalue weighted by atomic mass is 35.5. The van der Waals surface area contributed by atoms with Gasteiger partial charge in [-0.2, -0.15) is 0 Å². The smallest absolute Gasteiger partial charge is 0.255 e. The van der Waals surface area contributed by atoms with Crippen molar-refractivity contribution in [2.75, 3.05) is 18.5 Å². The third-order valence-electron chi connectivity index (χ3n) is 2.51. The van der Waals surface area contributed by atoms with Crippen molar-refractivity contribution in [1.82, 2.24) is 9.38 Å². The van der Waals surface area contributed by atoms with Crippen molar-refractivity contribution >= 4 is 23.1 Å². The first-order chi connectivity index (χ1) is 8.13. The minimum absolute atomic E-state index is 0.230. The second-order valence-corrected chi connectivity index (χ2v) is 3.98. The molecule has 6 heteroatoms. The van der Waals surface area contributed by atoms with Crippen LogP contribution in [0.4, 0.5) is 14.6 Å². The summed E-state index contributed by atoms with van der Waals surface area (Å²) >= 11 is 5.86. The third kappa shape index (κ3) is 2.34. The molecule has 0 bridgehead atoms. The molecule has 0 aromatic carbocycles. The van der Waals surface area contributed by atoms with E-state index in [0.29, 0.717) is 11.5 Å². The van der Waals surface area contributed by atoms with Crippen molar-refractivity contribution in [2.45, 2.75) is 12.3 Å². The quantitative estimate of drug-likeness (QED) is 0.787. The van der Waals surface area contributed by atoms with Gasteiger partial charge in [-0.3, -0.25) is 0 Å². The second kappa shape index (κ2) is 4.87. The molecule has 0 atom stereocenters. The van der Waals surface area contributed by atoms with E-state index in [1.54, 1.807) is 7.05 Å². The summed E-state index contributed by atoms with van der Waals surface area (Å²) in [6, 6.07) is 5.51. The molecular weight excluding hydrogens is 248 g/mol. The molecule has 2 heterocycles. The number of pyridine rings is 1. The summed E-state index contributed by atoms with van der Waals surface area (Å²) in [7, 11) is 1.59. The minimum atomic E-state index is -2.40. The molecule has 2 aromatic rings. The molecule has 3 nitrogen and oxygen atoms in total. The van der Waals surface area contributed by atoms with Crippen molar-refractivity contribution < 1.29 is 8.78 Å². The van der Waals surface area contributed by atoms with Crippen molar-refractivity contribution in [3.63, 3.8) is 0 Å². The Morgan fingerprint density at radius 3 is 2.88 bits per heavy atom. The first kappa shape index (κ1) is 12.1. The molecule has 0 aliphatic heterocycles. The van der Waals surface area contributed by atoms with E-state index in [2.05, 4.69) is 4.98 Å². The number of halogens is 3. The molecule has 0 saturated heterocycles. The maximum Gasteiger partial charge on any atom is 0.255 e. The molecule has 92 valence electrons. The van der Waals surface area contributed by atoms with Crippen molar-refractivity contribution in [1.29, 1.82) is 0 Å². The van der Waals surface area contributed by atoms with Crippen LogP contribution in [0.15, 0.2) is 24.4 Å². The summed E-state index contributed by atoms with van der Waals surface area (Å²) in [6.45, 7) is -0.353. The molecule has 0 radical (unpaired) electrons. The molecule has 0 saturated carbocycles. The molecule has 0 unspecified atom stereocenters. The summed E-state index contributed by atoms with van der Waals surface area (Å²) < 4.78 is 26.5.